The van der Waals surface area contributed by atoms with Crippen molar-refractivity contribution in [3.8, 4) is 0 Å². The van der Waals surface area contributed by atoms with E-state index in [0.29, 0.717) is 43.1 Å². The number of amides is 2. The molecule has 0 aromatic heterocycles. The van der Waals surface area contributed by atoms with Gasteiger partial charge in [0, 0.05) is 41.9 Å². The van der Waals surface area contributed by atoms with Crippen molar-refractivity contribution >= 4 is 34.6 Å². The van der Waals surface area contributed by atoms with Gasteiger partial charge in [-0.1, -0.05) is 0 Å². The Bertz CT molecular complexity index is 1180. The maximum atomic E-state index is 13.3. The maximum absolute atomic E-state index is 13.3. The molecule has 0 saturated heterocycles. The standard InChI is InChI=1S/C21H23N7O10/c22-8-3-10-23-9-1-2-11-24(20(29)14-4-6-16(25(31)32)18(12-14)27(35)36)21(30)15-5-7-17(26(33)34)19(13-15)28(37)38/h4-7,12-13,23H,1-3,8-11,22H2. The molecule has 0 bridgehead atoms. The number of nitro groups is 4. The zero-order valence-electron chi connectivity index (χ0n) is 19.8. The van der Waals surface area contributed by atoms with E-state index < -0.39 is 65.4 Å². The van der Waals surface area contributed by atoms with Crippen molar-refractivity contribution in [1.82, 2.24) is 10.2 Å². The Morgan fingerprint density at radius 1 is 0.684 bits per heavy atom. The quantitative estimate of drug-likeness (QED) is 0.154. The first kappa shape index (κ1) is 29.3. The number of rotatable bonds is 14. The molecule has 0 aliphatic carbocycles. The summed E-state index contributed by atoms with van der Waals surface area (Å²) in [4.78, 5) is 67.9. The lowest BCUT2D eigenvalue weighted by Gasteiger charge is -2.21. The molecule has 0 atom stereocenters. The van der Waals surface area contributed by atoms with E-state index in [1.165, 1.54) is 0 Å². The zero-order chi connectivity index (χ0) is 28.4. The van der Waals surface area contributed by atoms with Gasteiger partial charge in [-0.2, -0.15) is 0 Å². The van der Waals surface area contributed by atoms with E-state index in [-0.39, 0.29) is 13.0 Å². The summed E-state index contributed by atoms with van der Waals surface area (Å²) in [6.45, 7) is 1.44. The minimum absolute atomic E-state index is 0.216. The van der Waals surface area contributed by atoms with Crippen LogP contribution in [0, 0.1) is 40.5 Å². The van der Waals surface area contributed by atoms with Crippen LogP contribution >= 0.6 is 0 Å². The summed E-state index contributed by atoms with van der Waals surface area (Å²) in [6.07, 6.45) is 1.49. The van der Waals surface area contributed by atoms with Gasteiger partial charge in [0.1, 0.15) is 0 Å². The number of nitrogens with one attached hydrogen (secondary N) is 1. The predicted octanol–water partition coefficient (Wildman–Crippen LogP) is 2.32. The molecule has 38 heavy (non-hydrogen) atoms. The molecule has 0 saturated carbocycles. The minimum Gasteiger partial charge on any atom is -0.330 e. The smallest absolute Gasteiger partial charge is 0.330 e. The Morgan fingerprint density at radius 3 is 1.50 bits per heavy atom. The largest absolute Gasteiger partial charge is 0.346 e. The molecule has 202 valence electrons. The van der Waals surface area contributed by atoms with Gasteiger partial charge < -0.3 is 11.1 Å². The number of nitro benzene ring substituents is 4. The van der Waals surface area contributed by atoms with Crippen molar-refractivity contribution in [3.63, 3.8) is 0 Å². The number of carbonyl (C=O) groups is 2. The monoisotopic (exact) mass is 533 g/mol. The summed E-state index contributed by atoms with van der Waals surface area (Å²) in [5, 5.41) is 47.9. The normalized spacial score (nSPS) is 10.6. The lowest BCUT2D eigenvalue weighted by Crippen LogP contribution is -2.38. The van der Waals surface area contributed by atoms with Gasteiger partial charge in [-0.05, 0) is 51.0 Å². The fourth-order valence-electron chi connectivity index (χ4n) is 3.39. The van der Waals surface area contributed by atoms with Crippen molar-refractivity contribution < 1.29 is 29.3 Å². The van der Waals surface area contributed by atoms with Crippen LogP contribution in [0.4, 0.5) is 22.7 Å². The zero-order valence-corrected chi connectivity index (χ0v) is 19.8. The van der Waals surface area contributed by atoms with Crippen LogP contribution in [0.1, 0.15) is 40.0 Å². The third kappa shape index (κ3) is 7.31. The molecule has 0 unspecified atom stereocenters. The molecular weight excluding hydrogens is 510 g/mol. The Hall–Kier alpha value is -4.90. The molecule has 0 aliphatic rings. The molecule has 17 heteroatoms. The second-order valence-corrected chi connectivity index (χ2v) is 7.80. The molecule has 2 aromatic rings. The summed E-state index contributed by atoms with van der Waals surface area (Å²) in [6, 6.07) is 4.72. The molecule has 2 amide bonds. The summed E-state index contributed by atoms with van der Waals surface area (Å²) < 4.78 is 0. The van der Waals surface area contributed by atoms with Gasteiger partial charge in [0.2, 0.25) is 0 Å². The number of imide groups is 1. The lowest BCUT2D eigenvalue weighted by molar-refractivity contribution is -0.422. The first-order valence-corrected chi connectivity index (χ1v) is 11.1. The number of carbonyl (C=O) groups excluding carboxylic acids is 2. The first-order chi connectivity index (χ1) is 18.0. The number of nitrogens with zero attached hydrogens (tertiary/aromatic N) is 5. The highest BCUT2D eigenvalue weighted by atomic mass is 16.6. The Balaban J connectivity index is 2.43. The fraction of sp³-hybridized carbons (Fsp3) is 0.333. The van der Waals surface area contributed by atoms with Crippen LogP contribution < -0.4 is 11.1 Å². The fourth-order valence-corrected chi connectivity index (χ4v) is 3.39. The third-order valence-corrected chi connectivity index (χ3v) is 5.26. The van der Waals surface area contributed by atoms with E-state index in [4.69, 9.17) is 5.73 Å². The maximum Gasteiger partial charge on any atom is 0.346 e. The van der Waals surface area contributed by atoms with Gasteiger partial charge in [-0.25, -0.2) is 0 Å². The molecule has 0 heterocycles. The Labute approximate surface area is 213 Å². The molecule has 17 nitrogen and oxygen atoms in total. The van der Waals surface area contributed by atoms with Gasteiger partial charge >= 0.3 is 22.7 Å². The SMILES string of the molecule is NCCCNCCCCN(C(=O)c1ccc([N+](=O)[O-])c([N+](=O)[O-])c1)C(=O)c1ccc([N+](=O)[O-])c([N+](=O)[O-])c1. The number of hydrogen-bond donors (Lipinski definition) is 2. The van der Waals surface area contributed by atoms with E-state index in [0.717, 1.165) is 30.7 Å². The van der Waals surface area contributed by atoms with Gasteiger partial charge in [-0.15, -0.1) is 0 Å². The van der Waals surface area contributed by atoms with Crippen molar-refractivity contribution in [1.29, 1.82) is 0 Å². The van der Waals surface area contributed by atoms with Crippen LogP contribution in [-0.4, -0.2) is 62.6 Å². The van der Waals surface area contributed by atoms with E-state index >= 15 is 0 Å². The van der Waals surface area contributed by atoms with Crippen LogP contribution in [0.5, 0.6) is 0 Å². The highest BCUT2D eigenvalue weighted by Gasteiger charge is 2.32. The third-order valence-electron chi connectivity index (χ3n) is 5.26. The Morgan fingerprint density at radius 2 is 1.11 bits per heavy atom. The molecule has 0 spiro atoms. The average Bonchev–Trinajstić information content (AvgIpc) is 2.88. The highest BCUT2D eigenvalue weighted by Crippen LogP contribution is 2.30. The van der Waals surface area contributed by atoms with E-state index in [1.807, 2.05) is 0 Å². The van der Waals surface area contributed by atoms with Gasteiger partial charge in [0.25, 0.3) is 11.8 Å². The van der Waals surface area contributed by atoms with Crippen LogP contribution in [0.3, 0.4) is 0 Å². The Kier molecular flexibility index (Phi) is 10.4. The van der Waals surface area contributed by atoms with Crippen molar-refractivity contribution in [2.24, 2.45) is 5.73 Å². The molecule has 0 radical (unpaired) electrons. The number of benzene rings is 2. The number of unbranched alkanes of at least 4 members (excludes halogenated alkanes) is 1. The van der Waals surface area contributed by atoms with E-state index in [2.05, 4.69) is 5.32 Å². The minimum atomic E-state index is -1.05. The summed E-state index contributed by atoms with van der Waals surface area (Å²) in [7, 11) is 0. The van der Waals surface area contributed by atoms with Crippen molar-refractivity contribution in [2.45, 2.75) is 19.3 Å². The summed E-state index contributed by atoms with van der Waals surface area (Å²) in [5.74, 6) is -2.10. The van der Waals surface area contributed by atoms with Crippen LogP contribution in [0.2, 0.25) is 0 Å². The van der Waals surface area contributed by atoms with Crippen LogP contribution in [0.25, 0.3) is 0 Å². The van der Waals surface area contributed by atoms with Crippen LogP contribution in [0.15, 0.2) is 36.4 Å². The molecule has 0 aliphatic heterocycles. The molecule has 3 N–H and O–H groups in total. The van der Waals surface area contributed by atoms with Crippen LogP contribution in [-0.2, 0) is 0 Å². The molecule has 2 rings (SSSR count). The van der Waals surface area contributed by atoms with E-state index in [1.54, 1.807) is 0 Å². The van der Waals surface area contributed by atoms with Gasteiger partial charge in [0.05, 0.1) is 19.7 Å². The second-order valence-electron chi connectivity index (χ2n) is 7.80. The van der Waals surface area contributed by atoms with E-state index in [9.17, 15) is 50.0 Å². The summed E-state index contributed by atoms with van der Waals surface area (Å²) in [5.41, 5.74) is 0.935. The highest BCUT2D eigenvalue weighted by molar-refractivity contribution is 6.11. The van der Waals surface area contributed by atoms with Crippen molar-refractivity contribution in [2.75, 3.05) is 26.2 Å². The predicted molar refractivity (Wildman–Crippen MR) is 131 cm³/mol. The molecular formula is C21H23N7O10. The van der Waals surface area contributed by atoms with Crippen molar-refractivity contribution in [3.05, 3.63) is 88.0 Å². The van der Waals surface area contributed by atoms with Gasteiger partial charge in [0.15, 0.2) is 0 Å². The average molecular weight is 533 g/mol. The lowest BCUT2D eigenvalue weighted by atomic mass is 10.1. The first-order valence-electron chi connectivity index (χ1n) is 11.1. The summed E-state index contributed by atoms with van der Waals surface area (Å²) >= 11 is 0. The molecule has 2 aromatic carbocycles. The topological polar surface area (TPSA) is 248 Å². The molecule has 0 fully saturated rings. The number of hydrogen-bond acceptors (Lipinski definition) is 12. The van der Waals surface area contributed by atoms with Gasteiger partial charge in [-0.3, -0.25) is 54.9 Å². The number of nitrogens with two attached hydrogens (primary N) is 1. The second kappa shape index (κ2) is 13.4.